The summed E-state index contributed by atoms with van der Waals surface area (Å²) in [6, 6.07) is 8.54. The standard InChI is InChI=1S/C16H26N2O/c1-2-19-16-8-6-15(7-9-16)5-3-4-12-18-13-10-17-11-14-18/h6-9,17H,2-5,10-14H2,1H3. The van der Waals surface area contributed by atoms with Gasteiger partial charge in [-0.2, -0.15) is 0 Å². The maximum atomic E-state index is 5.45. The third-order valence-electron chi connectivity index (χ3n) is 3.63. The molecule has 0 aromatic heterocycles. The molecule has 0 saturated carbocycles. The summed E-state index contributed by atoms with van der Waals surface area (Å²) in [5.74, 6) is 0.979. The lowest BCUT2D eigenvalue weighted by Crippen LogP contribution is -2.43. The molecule has 3 nitrogen and oxygen atoms in total. The number of unbranched alkanes of at least 4 members (excludes halogenated alkanes) is 1. The van der Waals surface area contributed by atoms with Gasteiger partial charge in [0.25, 0.3) is 0 Å². The molecule has 0 bridgehead atoms. The van der Waals surface area contributed by atoms with Crippen LogP contribution in [0.1, 0.15) is 25.3 Å². The number of ether oxygens (including phenoxy) is 1. The van der Waals surface area contributed by atoms with Crippen LogP contribution in [-0.2, 0) is 6.42 Å². The van der Waals surface area contributed by atoms with Gasteiger partial charge in [0.15, 0.2) is 0 Å². The van der Waals surface area contributed by atoms with E-state index >= 15 is 0 Å². The molecule has 0 unspecified atom stereocenters. The van der Waals surface area contributed by atoms with Crippen molar-refractivity contribution in [2.45, 2.75) is 26.2 Å². The van der Waals surface area contributed by atoms with Gasteiger partial charge < -0.3 is 15.0 Å². The van der Waals surface area contributed by atoms with Crippen LogP contribution in [0.15, 0.2) is 24.3 Å². The fourth-order valence-electron chi connectivity index (χ4n) is 2.52. The van der Waals surface area contributed by atoms with E-state index in [1.807, 2.05) is 6.92 Å². The maximum absolute atomic E-state index is 5.45. The van der Waals surface area contributed by atoms with Gasteiger partial charge in [0.05, 0.1) is 6.61 Å². The van der Waals surface area contributed by atoms with Crippen LogP contribution < -0.4 is 10.1 Å². The predicted octanol–water partition coefficient (Wildman–Crippen LogP) is 2.31. The van der Waals surface area contributed by atoms with Gasteiger partial charge in [-0.25, -0.2) is 0 Å². The Bertz CT molecular complexity index is 344. The molecule has 0 amide bonds. The van der Waals surface area contributed by atoms with E-state index in [2.05, 4.69) is 34.5 Å². The molecular weight excluding hydrogens is 236 g/mol. The van der Waals surface area contributed by atoms with Crippen molar-refractivity contribution in [3.05, 3.63) is 29.8 Å². The largest absolute Gasteiger partial charge is 0.494 e. The van der Waals surface area contributed by atoms with Crippen molar-refractivity contribution in [1.29, 1.82) is 0 Å². The van der Waals surface area contributed by atoms with Crippen molar-refractivity contribution in [2.75, 3.05) is 39.3 Å². The van der Waals surface area contributed by atoms with Gasteiger partial charge in [-0.05, 0) is 50.4 Å². The summed E-state index contributed by atoms with van der Waals surface area (Å²) in [7, 11) is 0. The number of piperazine rings is 1. The molecule has 19 heavy (non-hydrogen) atoms. The van der Waals surface area contributed by atoms with Gasteiger partial charge in [-0.3, -0.25) is 0 Å². The summed E-state index contributed by atoms with van der Waals surface area (Å²) in [5, 5.41) is 3.39. The molecule has 3 heteroatoms. The monoisotopic (exact) mass is 262 g/mol. The maximum Gasteiger partial charge on any atom is 0.119 e. The van der Waals surface area contributed by atoms with Crippen LogP contribution >= 0.6 is 0 Å². The molecule has 1 heterocycles. The van der Waals surface area contributed by atoms with Gasteiger partial charge in [0.2, 0.25) is 0 Å². The summed E-state index contributed by atoms with van der Waals surface area (Å²) in [6.45, 7) is 8.73. The summed E-state index contributed by atoms with van der Waals surface area (Å²) < 4.78 is 5.45. The third kappa shape index (κ3) is 5.21. The second kappa shape index (κ2) is 8.18. The van der Waals surface area contributed by atoms with Crippen molar-refractivity contribution >= 4 is 0 Å². The topological polar surface area (TPSA) is 24.5 Å². The van der Waals surface area contributed by atoms with Crippen molar-refractivity contribution < 1.29 is 4.74 Å². The molecule has 1 N–H and O–H groups in total. The van der Waals surface area contributed by atoms with E-state index in [9.17, 15) is 0 Å². The number of rotatable bonds is 7. The third-order valence-corrected chi connectivity index (χ3v) is 3.63. The van der Waals surface area contributed by atoms with Crippen LogP contribution in [0.2, 0.25) is 0 Å². The molecule has 2 rings (SSSR count). The highest BCUT2D eigenvalue weighted by Crippen LogP contribution is 2.14. The minimum absolute atomic E-state index is 0.740. The molecule has 0 radical (unpaired) electrons. The van der Waals surface area contributed by atoms with Crippen LogP contribution in [0.3, 0.4) is 0 Å². The minimum atomic E-state index is 0.740. The summed E-state index contributed by atoms with van der Waals surface area (Å²) in [5.41, 5.74) is 1.42. The number of nitrogens with zero attached hydrogens (tertiary/aromatic N) is 1. The van der Waals surface area contributed by atoms with Crippen LogP contribution in [-0.4, -0.2) is 44.2 Å². The molecule has 106 valence electrons. The van der Waals surface area contributed by atoms with Gasteiger partial charge in [-0.15, -0.1) is 0 Å². The Morgan fingerprint density at radius 2 is 1.84 bits per heavy atom. The van der Waals surface area contributed by atoms with Crippen molar-refractivity contribution in [3.63, 3.8) is 0 Å². The van der Waals surface area contributed by atoms with E-state index in [4.69, 9.17) is 4.74 Å². The van der Waals surface area contributed by atoms with E-state index in [0.29, 0.717) is 0 Å². The minimum Gasteiger partial charge on any atom is -0.494 e. The Hall–Kier alpha value is -1.06. The van der Waals surface area contributed by atoms with Crippen LogP contribution in [0.25, 0.3) is 0 Å². The Labute approximate surface area is 116 Å². The average molecular weight is 262 g/mol. The van der Waals surface area contributed by atoms with E-state index < -0.39 is 0 Å². The molecule has 1 aliphatic rings. The first kappa shape index (κ1) is 14.4. The van der Waals surface area contributed by atoms with Gasteiger partial charge in [0, 0.05) is 26.2 Å². The molecule has 1 fully saturated rings. The molecule has 1 aliphatic heterocycles. The van der Waals surface area contributed by atoms with E-state index in [-0.39, 0.29) is 0 Å². The molecule has 1 aromatic rings. The Morgan fingerprint density at radius 1 is 1.11 bits per heavy atom. The van der Waals surface area contributed by atoms with E-state index in [1.54, 1.807) is 0 Å². The lowest BCUT2D eigenvalue weighted by molar-refractivity contribution is 0.237. The Morgan fingerprint density at radius 3 is 2.53 bits per heavy atom. The van der Waals surface area contributed by atoms with Crippen LogP contribution in [0.4, 0.5) is 0 Å². The summed E-state index contributed by atoms with van der Waals surface area (Å²) in [4.78, 5) is 2.56. The van der Waals surface area contributed by atoms with Crippen LogP contribution in [0.5, 0.6) is 5.75 Å². The quantitative estimate of drug-likeness (QED) is 0.763. The predicted molar refractivity (Wildman–Crippen MR) is 79.9 cm³/mol. The van der Waals surface area contributed by atoms with Crippen molar-refractivity contribution in [3.8, 4) is 5.75 Å². The zero-order valence-electron chi connectivity index (χ0n) is 12.0. The Balaban J connectivity index is 1.62. The Kier molecular flexibility index (Phi) is 6.18. The second-order valence-electron chi connectivity index (χ2n) is 5.13. The summed E-state index contributed by atoms with van der Waals surface area (Å²) in [6.07, 6.45) is 3.75. The average Bonchev–Trinajstić information content (AvgIpc) is 2.47. The molecule has 0 spiro atoms. The molecule has 0 atom stereocenters. The highest BCUT2D eigenvalue weighted by atomic mass is 16.5. The first-order valence-corrected chi connectivity index (χ1v) is 7.53. The summed E-state index contributed by atoms with van der Waals surface area (Å²) >= 11 is 0. The lowest BCUT2D eigenvalue weighted by Gasteiger charge is -2.27. The van der Waals surface area contributed by atoms with Crippen LogP contribution in [0, 0.1) is 0 Å². The number of benzene rings is 1. The van der Waals surface area contributed by atoms with Gasteiger partial charge in [0.1, 0.15) is 5.75 Å². The van der Waals surface area contributed by atoms with Gasteiger partial charge >= 0.3 is 0 Å². The zero-order valence-corrected chi connectivity index (χ0v) is 12.0. The normalized spacial score (nSPS) is 16.5. The molecule has 1 aromatic carbocycles. The molecular formula is C16H26N2O. The fraction of sp³-hybridized carbons (Fsp3) is 0.625. The molecule has 0 aliphatic carbocycles. The highest BCUT2D eigenvalue weighted by Gasteiger charge is 2.08. The van der Waals surface area contributed by atoms with E-state index in [1.165, 1.54) is 44.5 Å². The highest BCUT2D eigenvalue weighted by molar-refractivity contribution is 5.27. The first-order valence-electron chi connectivity index (χ1n) is 7.53. The lowest BCUT2D eigenvalue weighted by atomic mass is 10.1. The first-order chi connectivity index (χ1) is 9.38. The number of hydrogen-bond acceptors (Lipinski definition) is 3. The van der Waals surface area contributed by atoms with Crippen molar-refractivity contribution in [1.82, 2.24) is 10.2 Å². The van der Waals surface area contributed by atoms with Crippen molar-refractivity contribution in [2.24, 2.45) is 0 Å². The van der Waals surface area contributed by atoms with E-state index in [0.717, 1.165) is 25.4 Å². The number of nitrogens with one attached hydrogen (secondary N) is 1. The zero-order chi connectivity index (χ0) is 13.3. The smallest absolute Gasteiger partial charge is 0.119 e. The fourth-order valence-corrected chi connectivity index (χ4v) is 2.52. The van der Waals surface area contributed by atoms with Gasteiger partial charge in [-0.1, -0.05) is 12.1 Å². The second-order valence-corrected chi connectivity index (χ2v) is 5.13. The molecule has 1 saturated heterocycles. The number of aryl methyl sites for hydroxylation is 1. The number of hydrogen-bond donors (Lipinski definition) is 1. The SMILES string of the molecule is CCOc1ccc(CCCCN2CCNCC2)cc1.